The van der Waals surface area contributed by atoms with Crippen molar-refractivity contribution in [3.05, 3.63) is 0 Å². The van der Waals surface area contributed by atoms with Gasteiger partial charge in [0, 0.05) is 137 Å². The molecule has 7 amide bonds. The summed E-state index contributed by atoms with van der Waals surface area (Å²) in [6.07, 6.45) is 103. The number of nitrogens with one attached hydrogen (secondary N) is 12. The van der Waals surface area contributed by atoms with E-state index in [0.29, 0.717) is 64.6 Å². The molecule has 0 aromatic carbocycles. The molecule has 0 saturated carbocycles. The summed E-state index contributed by atoms with van der Waals surface area (Å²) in [5, 5.41) is 39.6. The van der Waals surface area contributed by atoms with Gasteiger partial charge in [-0.1, -0.05) is 453 Å². The number of carbonyl (C=O) groups excluding carboxylic acids is 7. The van der Waals surface area contributed by atoms with Crippen LogP contribution in [0.4, 0.5) is 0 Å². The minimum atomic E-state index is 0.107. The Morgan fingerprint density at radius 2 is 0.245 bits per heavy atom. The first-order valence-corrected chi connectivity index (χ1v) is 65.0. The van der Waals surface area contributed by atoms with Crippen LogP contribution in [0.5, 0.6) is 0 Å². The SMILES string of the molecule is CCCCCCCCCCCCNC(=O)CCNCCCNCCCCN(CCCN(CCC(=O)NCCCCCCCCCCCC)CCC(=O)NCCCCCCCCCCCC)CCC(=O)NCCCCCCCCCCCC.CCCCCCCCCCCCNC(=O)CCNCCCNCCCCN(CCCNCCC(=O)NCCCCCCCCCCCC)CCC(=O)NCCCCCCCCCCCC. The molecule has 22 heteroatoms. The van der Waals surface area contributed by atoms with Crippen molar-refractivity contribution < 1.29 is 33.6 Å². The third-order valence-electron chi connectivity index (χ3n) is 29.5. The van der Waals surface area contributed by atoms with Crippen molar-refractivity contribution in [3.8, 4) is 0 Å². The lowest BCUT2D eigenvalue weighted by Gasteiger charge is -2.26. The number of hydrogen-bond donors (Lipinski definition) is 12. The highest BCUT2D eigenvalue weighted by Crippen LogP contribution is 2.19. The van der Waals surface area contributed by atoms with E-state index in [1.54, 1.807) is 0 Å². The summed E-state index contributed by atoms with van der Waals surface area (Å²) < 4.78 is 0. The summed E-state index contributed by atoms with van der Waals surface area (Å²) in [5.74, 6) is 1.01. The standard InChI is InChI=1S/C70H142N8O4.C55H113N7O3/c1-5-9-13-17-21-25-29-33-37-41-56-73-67(79)49-60-72-55-47-54-71-53-45-46-61-77(64-50-68(80)74-57-42-38-34-30-26-22-18-14-10-6-2)62-48-63-78(65-51-69(81)75-58-43-39-35-31-27-23-19-15-11-7-3)66-52-70(82)76-59-44-40-36-32-28-24-20-16-12-8-4;1-4-7-10-13-16-19-22-25-28-31-45-59-53(63)38-48-57-43-36-42-56-41-34-35-50-62(52-40-55(65)61-47-33-30-27-24-21-18-15-12-9-6-3)51-37-44-58-49-39-54(64)60-46-32-29-26-23-20-17-14-11-8-5-2/h71-72H,5-66H2,1-4H3,(H,73,79)(H,74,80)(H,75,81)(H,76,82);56-58H,4-52H2,1-3H3,(H,59,63)(H,60,64)(H,61,65). The van der Waals surface area contributed by atoms with E-state index in [2.05, 4.69) is 127 Å². The second-order valence-corrected chi connectivity index (χ2v) is 44.1. The Hall–Kier alpha value is -4.03. The van der Waals surface area contributed by atoms with Crippen LogP contribution in [0.1, 0.15) is 594 Å². The fourth-order valence-electron chi connectivity index (χ4n) is 19.6. The predicted octanol–water partition coefficient (Wildman–Crippen LogP) is 27.9. The molecule has 0 aromatic heterocycles. The first-order valence-electron chi connectivity index (χ1n) is 65.0. The lowest BCUT2D eigenvalue weighted by atomic mass is 10.1. The van der Waals surface area contributed by atoms with Crippen LogP contribution < -0.4 is 63.8 Å². The van der Waals surface area contributed by atoms with Gasteiger partial charge in [0.1, 0.15) is 0 Å². The first-order chi connectivity index (χ1) is 72.4. The average Bonchev–Trinajstić information content (AvgIpc) is 0.941. The van der Waals surface area contributed by atoms with E-state index in [9.17, 15) is 33.6 Å². The third kappa shape index (κ3) is 124. The van der Waals surface area contributed by atoms with Crippen molar-refractivity contribution in [2.45, 2.75) is 594 Å². The Morgan fingerprint density at radius 3 is 0.435 bits per heavy atom. The number of nitrogens with zero attached hydrogens (tertiary/aromatic N) is 3. The minimum absolute atomic E-state index is 0.107. The lowest BCUT2D eigenvalue weighted by Crippen LogP contribution is -2.37. The van der Waals surface area contributed by atoms with Gasteiger partial charge in [0.15, 0.2) is 0 Å². The highest BCUT2D eigenvalue weighted by molar-refractivity contribution is 5.78. The van der Waals surface area contributed by atoms with Gasteiger partial charge in [-0.15, -0.1) is 0 Å². The molecule has 0 aromatic rings. The Bertz CT molecular complexity index is 2630. The van der Waals surface area contributed by atoms with Gasteiger partial charge in [0.2, 0.25) is 41.4 Å². The Kier molecular flexibility index (Phi) is 125. The summed E-state index contributed by atoms with van der Waals surface area (Å²) >= 11 is 0. The molecule has 22 nitrogen and oxygen atoms in total. The van der Waals surface area contributed by atoms with Crippen molar-refractivity contribution >= 4 is 41.4 Å². The molecule has 0 spiro atoms. The molecule has 0 unspecified atom stereocenters. The monoisotopic (exact) mass is 2080 g/mol. The number of unbranched alkanes of at least 4 members (excludes halogenated alkanes) is 65. The average molecular weight is 2080 g/mol. The molecule has 872 valence electrons. The Labute approximate surface area is 912 Å². The number of carbonyl (C=O) groups is 7. The van der Waals surface area contributed by atoms with Gasteiger partial charge < -0.3 is 78.5 Å². The van der Waals surface area contributed by atoms with Crippen LogP contribution >= 0.6 is 0 Å². The van der Waals surface area contributed by atoms with E-state index in [-0.39, 0.29) is 41.4 Å². The summed E-state index contributed by atoms with van der Waals surface area (Å²) in [5.41, 5.74) is 0. The van der Waals surface area contributed by atoms with E-state index in [4.69, 9.17) is 0 Å². The number of rotatable bonds is 124. The topological polar surface area (TPSA) is 274 Å². The highest BCUT2D eigenvalue weighted by Gasteiger charge is 2.17. The number of amides is 7. The molecule has 0 aliphatic heterocycles. The van der Waals surface area contributed by atoms with Gasteiger partial charge in [0.05, 0.1) is 0 Å². The third-order valence-corrected chi connectivity index (χ3v) is 29.5. The zero-order valence-electron chi connectivity index (χ0n) is 99.2. The van der Waals surface area contributed by atoms with Gasteiger partial charge in [0.25, 0.3) is 0 Å². The molecular formula is C125H255N15O7. The highest BCUT2D eigenvalue weighted by atomic mass is 16.2. The summed E-state index contributed by atoms with van der Waals surface area (Å²) in [6, 6.07) is 0. The molecule has 12 N–H and O–H groups in total. The predicted molar refractivity (Wildman–Crippen MR) is 637 cm³/mol. The van der Waals surface area contributed by atoms with Gasteiger partial charge >= 0.3 is 0 Å². The molecule has 0 rings (SSSR count). The lowest BCUT2D eigenvalue weighted by molar-refractivity contribution is -0.122. The summed E-state index contributed by atoms with van der Waals surface area (Å²) in [4.78, 5) is 96.1. The fraction of sp³-hybridized carbons (Fsp3) is 0.944. The summed E-state index contributed by atoms with van der Waals surface area (Å²) in [6.45, 7) is 37.5. The van der Waals surface area contributed by atoms with Crippen molar-refractivity contribution in [2.24, 2.45) is 0 Å². The van der Waals surface area contributed by atoms with Crippen molar-refractivity contribution in [1.82, 2.24) is 78.5 Å². The van der Waals surface area contributed by atoms with Crippen LogP contribution in [0.15, 0.2) is 0 Å². The Balaban J connectivity index is 0. The Morgan fingerprint density at radius 1 is 0.116 bits per heavy atom. The van der Waals surface area contributed by atoms with Crippen LogP contribution in [-0.2, 0) is 33.6 Å². The molecule has 0 saturated heterocycles. The molecule has 0 heterocycles. The van der Waals surface area contributed by atoms with Crippen molar-refractivity contribution in [2.75, 3.05) is 170 Å². The minimum Gasteiger partial charge on any atom is -0.356 e. The van der Waals surface area contributed by atoms with Crippen molar-refractivity contribution in [1.29, 1.82) is 0 Å². The maximum Gasteiger partial charge on any atom is 0.221 e. The van der Waals surface area contributed by atoms with E-state index >= 15 is 0 Å². The fourth-order valence-corrected chi connectivity index (χ4v) is 19.6. The second-order valence-electron chi connectivity index (χ2n) is 44.1. The molecule has 0 bridgehead atoms. The van der Waals surface area contributed by atoms with E-state index < -0.39 is 0 Å². The van der Waals surface area contributed by atoms with Crippen LogP contribution in [0.2, 0.25) is 0 Å². The number of hydrogen-bond acceptors (Lipinski definition) is 15. The first kappa shape index (κ1) is 145. The normalized spacial score (nSPS) is 11.5. The molecule has 0 aliphatic rings. The van der Waals surface area contributed by atoms with Crippen molar-refractivity contribution in [3.63, 3.8) is 0 Å². The molecule has 147 heavy (non-hydrogen) atoms. The van der Waals surface area contributed by atoms with Gasteiger partial charge in [-0.25, -0.2) is 0 Å². The van der Waals surface area contributed by atoms with Crippen LogP contribution in [0.25, 0.3) is 0 Å². The smallest absolute Gasteiger partial charge is 0.221 e. The van der Waals surface area contributed by atoms with Gasteiger partial charge in [-0.05, 0) is 175 Å². The summed E-state index contributed by atoms with van der Waals surface area (Å²) in [7, 11) is 0. The maximum absolute atomic E-state index is 13.1. The molecule has 0 radical (unpaired) electrons. The second kappa shape index (κ2) is 127. The molecular weight excluding hydrogens is 1820 g/mol. The molecule has 0 fully saturated rings. The molecule has 0 atom stereocenters. The van der Waals surface area contributed by atoms with Crippen LogP contribution in [-0.4, -0.2) is 226 Å². The van der Waals surface area contributed by atoms with E-state index in [1.165, 1.54) is 405 Å². The zero-order chi connectivity index (χ0) is 107. The van der Waals surface area contributed by atoms with Crippen LogP contribution in [0.3, 0.4) is 0 Å². The largest absolute Gasteiger partial charge is 0.356 e. The maximum atomic E-state index is 13.1. The van der Waals surface area contributed by atoms with Crippen LogP contribution in [0, 0.1) is 0 Å². The quantitative estimate of drug-likeness (QED) is 0.0252. The van der Waals surface area contributed by atoms with Gasteiger partial charge in [-0.2, -0.15) is 0 Å². The molecule has 0 aliphatic carbocycles. The van der Waals surface area contributed by atoms with E-state index in [1.807, 2.05) is 0 Å². The van der Waals surface area contributed by atoms with E-state index in [0.717, 1.165) is 247 Å². The zero-order valence-corrected chi connectivity index (χ0v) is 99.2. The van der Waals surface area contributed by atoms with Gasteiger partial charge in [-0.3, -0.25) is 33.6 Å².